The van der Waals surface area contributed by atoms with Crippen LogP contribution in [0.5, 0.6) is 11.6 Å². The van der Waals surface area contributed by atoms with Crippen LogP contribution in [0.15, 0.2) is 49.1 Å². The predicted octanol–water partition coefficient (Wildman–Crippen LogP) is 3.04. The van der Waals surface area contributed by atoms with Crippen LogP contribution >= 0.6 is 0 Å². The quantitative estimate of drug-likeness (QED) is 0.543. The second-order valence-corrected chi connectivity index (χ2v) is 6.09. The topological polar surface area (TPSA) is 86.4 Å². The Labute approximate surface area is 148 Å². The van der Waals surface area contributed by atoms with E-state index in [0.29, 0.717) is 23.1 Å². The first-order chi connectivity index (χ1) is 12.7. The van der Waals surface area contributed by atoms with Gasteiger partial charge in [0.2, 0.25) is 5.88 Å². The molecule has 5 aromatic rings. The zero-order valence-electron chi connectivity index (χ0n) is 14.2. The van der Waals surface area contributed by atoms with E-state index in [2.05, 4.69) is 25.1 Å². The van der Waals surface area contributed by atoms with E-state index in [4.69, 9.17) is 4.74 Å². The number of nitrogens with one attached hydrogen (secondary N) is 1. The average molecular weight is 345 g/mol. The molecule has 0 radical (unpaired) electrons. The van der Waals surface area contributed by atoms with Gasteiger partial charge in [-0.25, -0.2) is 4.98 Å². The maximum Gasteiger partial charge on any atom is 0.234 e. The van der Waals surface area contributed by atoms with E-state index in [-0.39, 0.29) is 0 Å². The summed E-state index contributed by atoms with van der Waals surface area (Å²) >= 11 is 0. The van der Waals surface area contributed by atoms with Gasteiger partial charge in [-0.05, 0) is 24.3 Å². The maximum absolute atomic E-state index is 6.11. The van der Waals surface area contributed by atoms with Crippen LogP contribution in [0.1, 0.15) is 0 Å². The van der Waals surface area contributed by atoms with Gasteiger partial charge >= 0.3 is 0 Å². The summed E-state index contributed by atoms with van der Waals surface area (Å²) in [5, 5.41) is 10.3. The van der Waals surface area contributed by atoms with Gasteiger partial charge in [0.05, 0.1) is 18.0 Å². The largest absolute Gasteiger partial charge is 0.438 e. The van der Waals surface area contributed by atoms with E-state index < -0.39 is 0 Å². The molecular weight excluding hydrogens is 330 g/mol. The van der Waals surface area contributed by atoms with Gasteiger partial charge in [-0.3, -0.25) is 9.36 Å². The molecule has 0 amide bonds. The van der Waals surface area contributed by atoms with Gasteiger partial charge in [0.15, 0.2) is 11.5 Å². The number of aromatic nitrogens is 7. The molecule has 1 aromatic carbocycles. The summed E-state index contributed by atoms with van der Waals surface area (Å²) in [4.78, 5) is 12.4. The van der Waals surface area contributed by atoms with Crippen molar-refractivity contribution < 1.29 is 4.74 Å². The summed E-state index contributed by atoms with van der Waals surface area (Å²) in [6.45, 7) is 0. The molecule has 5 rings (SSSR count). The summed E-state index contributed by atoms with van der Waals surface area (Å²) in [6.07, 6.45) is 7.21. The molecule has 0 aliphatic rings. The molecule has 4 aromatic heterocycles. The highest BCUT2D eigenvalue weighted by atomic mass is 16.5. The Morgan fingerprint density at radius 1 is 1.04 bits per heavy atom. The Bertz CT molecular complexity index is 1250. The van der Waals surface area contributed by atoms with E-state index in [0.717, 1.165) is 21.9 Å². The van der Waals surface area contributed by atoms with Crippen LogP contribution in [-0.2, 0) is 14.1 Å². The number of nitrogens with zero attached hydrogens (tertiary/aromatic N) is 6. The van der Waals surface area contributed by atoms with Crippen LogP contribution in [-0.4, -0.2) is 34.5 Å². The first-order valence-electron chi connectivity index (χ1n) is 8.11. The maximum atomic E-state index is 6.11. The second-order valence-electron chi connectivity index (χ2n) is 6.09. The molecule has 26 heavy (non-hydrogen) atoms. The van der Waals surface area contributed by atoms with Crippen LogP contribution in [0.3, 0.4) is 0 Å². The minimum absolute atomic E-state index is 0.469. The lowest BCUT2D eigenvalue weighted by Crippen LogP contribution is -1.98. The van der Waals surface area contributed by atoms with E-state index in [9.17, 15) is 0 Å². The Hall–Kier alpha value is -3.68. The highest BCUT2D eigenvalue weighted by molar-refractivity contribution is 5.83. The summed E-state index contributed by atoms with van der Waals surface area (Å²) in [6, 6.07) is 7.87. The minimum atomic E-state index is 0.469. The van der Waals surface area contributed by atoms with Crippen molar-refractivity contribution in [3.63, 3.8) is 0 Å². The number of aryl methyl sites for hydroxylation is 2. The summed E-state index contributed by atoms with van der Waals surface area (Å²) in [5.41, 5.74) is 2.58. The molecule has 0 saturated carbocycles. The second kappa shape index (κ2) is 5.41. The van der Waals surface area contributed by atoms with Crippen molar-refractivity contribution in [3.05, 3.63) is 49.1 Å². The fraction of sp³-hybridized carbons (Fsp3) is 0.111. The predicted molar refractivity (Wildman–Crippen MR) is 96.9 cm³/mol. The molecule has 8 nitrogen and oxygen atoms in total. The first-order valence-corrected chi connectivity index (χ1v) is 8.11. The van der Waals surface area contributed by atoms with Crippen molar-refractivity contribution in [2.24, 2.45) is 14.1 Å². The SMILES string of the molecule is Cn1cc(-c2nc(Oc3ccc4[nH]ccc4c3)c3cnn(C)c3n2)cn1. The molecule has 0 aliphatic carbocycles. The van der Waals surface area contributed by atoms with Crippen LogP contribution in [0.2, 0.25) is 0 Å². The zero-order chi connectivity index (χ0) is 17.7. The van der Waals surface area contributed by atoms with Gasteiger partial charge in [-0.15, -0.1) is 0 Å². The smallest absolute Gasteiger partial charge is 0.234 e. The van der Waals surface area contributed by atoms with Crippen LogP contribution in [0, 0.1) is 0 Å². The highest BCUT2D eigenvalue weighted by Crippen LogP contribution is 2.31. The van der Waals surface area contributed by atoms with Crippen molar-refractivity contribution in [1.29, 1.82) is 0 Å². The molecular formula is C18H15N7O. The standard InChI is InChI=1S/C18H15N7O/c1-24-10-12(8-20-24)16-22-17-14(9-21-25(17)2)18(23-16)26-13-3-4-15-11(7-13)5-6-19-15/h3-10,19H,1-2H3. The molecule has 0 unspecified atom stereocenters. The molecule has 0 aliphatic heterocycles. The van der Waals surface area contributed by atoms with Crippen molar-refractivity contribution in [3.8, 4) is 23.0 Å². The number of aromatic amines is 1. The third-order valence-corrected chi connectivity index (χ3v) is 4.26. The Morgan fingerprint density at radius 2 is 1.96 bits per heavy atom. The zero-order valence-corrected chi connectivity index (χ0v) is 14.2. The summed E-state index contributed by atoms with van der Waals surface area (Å²) < 4.78 is 9.53. The molecule has 0 spiro atoms. The average Bonchev–Trinajstić information content (AvgIpc) is 3.35. The first kappa shape index (κ1) is 14.6. The third kappa shape index (κ3) is 2.31. The molecule has 0 bridgehead atoms. The van der Waals surface area contributed by atoms with Crippen LogP contribution in [0.25, 0.3) is 33.3 Å². The van der Waals surface area contributed by atoms with Crippen molar-refractivity contribution in [2.75, 3.05) is 0 Å². The van der Waals surface area contributed by atoms with Crippen molar-refractivity contribution in [2.45, 2.75) is 0 Å². The molecule has 0 atom stereocenters. The fourth-order valence-electron chi connectivity index (χ4n) is 2.95. The normalized spacial score (nSPS) is 11.5. The number of rotatable bonds is 3. The molecule has 0 saturated heterocycles. The number of hydrogen-bond donors (Lipinski definition) is 1. The van der Waals surface area contributed by atoms with Crippen molar-refractivity contribution >= 4 is 21.9 Å². The Balaban J connectivity index is 1.65. The van der Waals surface area contributed by atoms with E-state index in [1.54, 1.807) is 21.8 Å². The molecule has 128 valence electrons. The minimum Gasteiger partial charge on any atom is -0.438 e. The van der Waals surface area contributed by atoms with Gasteiger partial charge in [0.1, 0.15) is 11.1 Å². The van der Waals surface area contributed by atoms with E-state index in [1.807, 2.05) is 50.8 Å². The van der Waals surface area contributed by atoms with Gasteiger partial charge < -0.3 is 9.72 Å². The molecule has 0 fully saturated rings. The van der Waals surface area contributed by atoms with Crippen molar-refractivity contribution in [1.82, 2.24) is 34.5 Å². The van der Waals surface area contributed by atoms with E-state index in [1.165, 1.54) is 0 Å². The lowest BCUT2D eigenvalue weighted by Gasteiger charge is -2.08. The van der Waals surface area contributed by atoms with Crippen LogP contribution in [0.4, 0.5) is 0 Å². The number of H-pyrrole nitrogens is 1. The molecule has 4 heterocycles. The lowest BCUT2D eigenvalue weighted by atomic mass is 10.2. The third-order valence-electron chi connectivity index (χ3n) is 4.26. The van der Waals surface area contributed by atoms with Gasteiger partial charge in [0, 0.05) is 37.4 Å². The Kier molecular flexibility index (Phi) is 3.05. The van der Waals surface area contributed by atoms with Gasteiger partial charge in [-0.2, -0.15) is 15.2 Å². The number of ether oxygens (including phenoxy) is 1. The number of fused-ring (bicyclic) bond motifs is 2. The lowest BCUT2D eigenvalue weighted by molar-refractivity contribution is 0.469. The van der Waals surface area contributed by atoms with E-state index >= 15 is 0 Å². The molecule has 8 heteroatoms. The Morgan fingerprint density at radius 3 is 2.81 bits per heavy atom. The highest BCUT2D eigenvalue weighted by Gasteiger charge is 2.15. The molecule has 1 N–H and O–H groups in total. The number of benzene rings is 1. The van der Waals surface area contributed by atoms with Crippen LogP contribution < -0.4 is 4.74 Å². The summed E-state index contributed by atoms with van der Waals surface area (Å²) in [7, 11) is 3.70. The fourth-order valence-corrected chi connectivity index (χ4v) is 2.95. The monoisotopic (exact) mass is 345 g/mol. The summed E-state index contributed by atoms with van der Waals surface area (Å²) in [5.74, 6) is 1.72. The van der Waals surface area contributed by atoms with Gasteiger partial charge in [0.25, 0.3) is 0 Å². The number of hydrogen-bond acceptors (Lipinski definition) is 5. The van der Waals surface area contributed by atoms with Gasteiger partial charge in [-0.1, -0.05) is 0 Å².